The first-order valence-electron chi connectivity index (χ1n) is 15.7. The first kappa shape index (κ1) is 28.4. The van der Waals surface area contributed by atoms with Crippen LogP contribution < -0.4 is 0 Å². The molecule has 6 aromatic rings. The van der Waals surface area contributed by atoms with E-state index in [1.54, 1.807) is 0 Å². The molecule has 7 rings (SSSR count). The van der Waals surface area contributed by atoms with Crippen LogP contribution in [0.4, 0.5) is 0 Å². The molecule has 218 valence electrons. The van der Waals surface area contributed by atoms with Crippen LogP contribution in [0, 0.1) is 0 Å². The minimum Gasteiger partial charge on any atom is -0.228 e. The number of aromatic nitrogens is 2. The molecule has 45 heavy (non-hydrogen) atoms. The molecule has 0 amide bonds. The van der Waals surface area contributed by atoms with Gasteiger partial charge in [0.15, 0.2) is 5.82 Å². The summed E-state index contributed by atoms with van der Waals surface area (Å²) in [6, 6.07) is 49.6. The van der Waals surface area contributed by atoms with E-state index < -0.39 is 0 Å². The molecular formula is C43H36N2. The predicted octanol–water partition coefficient (Wildman–Crippen LogP) is 11.2. The van der Waals surface area contributed by atoms with E-state index in [0.29, 0.717) is 0 Å². The number of allylic oxidation sites excluding steroid dienone is 4. The van der Waals surface area contributed by atoms with Crippen molar-refractivity contribution in [3.8, 4) is 44.9 Å². The molecule has 0 unspecified atom stereocenters. The number of hydrogen-bond donors (Lipinski definition) is 0. The Balaban J connectivity index is 1.17. The molecule has 0 atom stereocenters. The molecule has 0 spiro atoms. The monoisotopic (exact) mass is 580 g/mol. The third kappa shape index (κ3) is 6.05. The second-order valence-corrected chi connectivity index (χ2v) is 12.2. The van der Waals surface area contributed by atoms with Crippen molar-refractivity contribution in [3.63, 3.8) is 0 Å². The Labute approximate surface area is 266 Å². The number of rotatable bonds is 7. The van der Waals surface area contributed by atoms with E-state index in [4.69, 9.17) is 9.97 Å². The van der Waals surface area contributed by atoms with Crippen molar-refractivity contribution < 1.29 is 0 Å². The van der Waals surface area contributed by atoms with Crippen LogP contribution in [0.1, 0.15) is 43.5 Å². The van der Waals surface area contributed by atoms with Gasteiger partial charge in [-0.05, 0) is 63.9 Å². The van der Waals surface area contributed by atoms with Gasteiger partial charge in [0.25, 0.3) is 0 Å². The zero-order valence-electron chi connectivity index (χ0n) is 25.8. The lowest BCUT2D eigenvalue weighted by molar-refractivity contribution is 0.641. The Morgan fingerprint density at radius 2 is 1.00 bits per heavy atom. The maximum atomic E-state index is 5.04. The fourth-order valence-corrected chi connectivity index (χ4v) is 6.08. The van der Waals surface area contributed by atoms with E-state index in [9.17, 15) is 0 Å². The molecule has 1 aliphatic rings. The minimum atomic E-state index is -0.168. The lowest BCUT2D eigenvalue weighted by Gasteiger charge is -2.26. The zero-order chi connectivity index (χ0) is 30.6. The molecule has 0 N–H and O–H groups in total. The van der Waals surface area contributed by atoms with Crippen molar-refractivity contribution in [1.82, 2.24) is 9.97 Å². The van der Waals surface area contributed by atoms with E-state index in [0.717, 1.165) is 46.8 Å². The molecular weight excluding hydrogens is 544 g/mol. The summed E-state index contributed by atoms with van der Waals surface area (Å²) in [5.41, 5.74) is 12.4. The van der Waals surface area contributed by atoms with Gasteiger partial charge in [-0.25, -0.2) is 9.97 Å². The molecule has 1 aliphatic carbocycles. The van der Waals surface area contributed by atoms with Crippen molar-refractivity contribution in [2.24, 2.45) is 0 Å². The second-order valence-electron chi connectivity index (χ2n) is 12.2. The van der Waals surface area contributed by atoms with Crippen molar-refractivity contribution in [2.45, 2.75) is 32.1 Å². The van der Waals surface area contributed by atoms with Gasteiger partial charge in [0, 0.05) is 16.5 Å². The van der Waals surface area contributed by atoms with E-state index in [1.807, 2.05) is 6.07 Å². The maximum Gasteiger partial charge on any atom is 0.160 e. The van der Waals surface area contributed by atoms with Crippen LogP contribution in [0.3, 0.4) is 0 Å². The van der Waals surface area contributed by atoms with Gasteiger partial charge in [-0.1, -0.05) is 159 Å². The van der Waals surface area contributed by atoms with Gasteiger partial charge in [0.05, 0.1) is 11.4 Å². The third-order valence-corrected chi connectivity index (χ3v) is 8.86. The number of benzene rings is 5. The van der Waals surface area contributed by atoms with Crippen LogP contribution in [-0.2, 0) is 5.41 Å². The Kier molecular flexibility index (Phi) is 7.80. The lowest BCUT2D eigenvalue weighted by Crippen LogP contribution is -2.18. The topological polar surface area (TPSA) is 25.8 Å². The third-order valence-electron chi connectivity index (χ3n) is 8.86. The molecule has 0 saturated heterocycles. The molecule has 5 aromatic carbocycles. The minimum absolute atomic E-state index is 0.168. The summed E-state index contributed by atoms with van der Waals surface area (Å²) < 4.78 is 0. The zero-order valence-corrected chi connectivity index (χ0v) is 25.8. The highest BCUT2D eigenvalue weighted by Gasteiger charge is 2.23. The Hall–Kier alpha value is -5.34. The van der Waals surface area contributed by atoms with Crippen molar-refractivity contribution in [1.29, 1.82) is 0 Å². The van der Waals surface area contributed by atoms with E-state index in [1.165, 1.54) is 33.4 Å². The summed E-state index contributed by atoms with van der Waals surface area (Å²) in [6.07, 6.45) is 8.80. The van der Waals surface area contributed by atoms with Gasteiger partial charge in [0.1, 0.15) is 0 Å². The van der Waals surface area contributed by atoms with Gasteiger partial charge >= 0.3 is 0 Å². The van der Waals surface area contributed by atoms with Gasteiger partial charge in [-0.3, -0.25) is 0 Å². The summed E-state index contributed by atoms with van der Waals surface area (Å²) in [6.45, 7) is 4.58. The van der Waals surface area contributed by atoms with Gasteiger partial charge < -0.3 is 0 Å². The molecule has 0 aliphatic heterocycles. The molecule has 0 radical (unpaired) electrons. The number of nitrogens with zero attached hydrogens (tertiary/aromatic N) is 2. The summed E-state index contributed by atoms with van der Waals surface area (Å²) >= 11 is 0. The molecule has 0 bridgehead atoms. The average molecular weight is 581 g/mol. The Bertz CT molecular complexity index is 1980. The maximum absolute atomic E-state index is 5.04. The second kappa shape index (κ2) is 12.3. The molecule has 1 aromatic heterocycles. The molecule has 2 heteroatoms. The average Bonchev–Trinajstić information content (AvgIpc) is 3.13. The van der Waals surface area contributed by atoms with Crippen molar-refractivity contribution >= 4 is 5.57 Å². The van der Waals surface area contributed by atoms with Crippen LogP contribution in [0.2, 0.25) is 0 Å². The first-order valence-corrected chi connectivity index (χ1v) is 15.7. The van der Waals surface area contributed by atoms with Crippen LogP contribution in [-0.4, -0.2) is 9.97 Å². The largest absolute Gasteiger partial charge is 0.228 e. The normalized spacial score (nSPS) is 13.0. The quantitative estimate of drug-likeness (QED) is 0.188. The van der Waals surface area contributed by atoms with Gasteiger partial charge in [0.2, 0.25) is 0 Å². The highest BCUT2D eigenvalue weighted by atomic mass is 14.9. The highest BCUT2D eigenvalue weighted by molar-refractivity contribution is 5.77. The van der Waals surface area contributed by atoms with Crippen LogP contribution >= 0.6 is 0 Å². The predicted molar refractivity (Wildman–Crippen MR) is 189 cm³/mol. The summed E-state index contributed by atoms with van der Waals surface area (Å²) in [5, 5.41) is 0. The lowest BCUT2D eigenvalue weighted by atomic mass is 9.77. The van der Waals surface area contributed by atoms with E-state index in [-0.39, 0.29) is 5.41 Å². The highest BCUT2D eigenvalue weighted by Crippen LogP contribution is 2.35. The fraction of sp³-hybridized carbons (Fsp3) is 0.116. The fourth-order valence-electron chi connectivity index (χ4n) is 6.08. The standard InChI is InChI=1S/C43H36N2/c1-43(2,38-25-21-32(22-26-38)37-20-12-19-36(29-37)31-13-6-3-7-14-31)39-27-23-35(24-28-39)42-44-40(33-15-8-4-9-16-33)30-41(45-42)34-17-10-5-11-18-34/h3-4,6-10,12-30H,5,11H2,1-2H3. The summed E-state index contributed by atoms with van der Waals surface area (Å²) in [5.74, 6) is 0.748. The molecule has 2 nitrogen and oxygen atoms in total. The van der Waals surface area contributed by atoms with E-state index >= 15 is 0 Å². The smallest absolute Gasteiger partial charge is 0.160 e. The first-order chi connectivity index (χ1) is 22.0. The van der Waals surface area contributed by atoms with Crippen LogP contribution in [0.15, 0.2) is 158 Å². The van der Waals surface area contributed by atoms with Crippen molar-refractivity contribution in [2.75, 3.05) is 0 Å². The summed E-state index contributed by atoms with van der Waals surface area (Å²) in [7, 11) is 0. The molecule has 0 saturated carbocycles. The molecule has 0 fully saturated rings. The SMILES string of the molecule is CC(C)(c1ccc(-c2cccc(-c3ccccc3)c2)cc1)c1ccc(-c2nc(C3=CCCC=C3)cc(-c3ccccc3)n2)cc1. The number of hydrogen-bond acceptors (Lipinski definition) is 2. The van der Waals surface area contributed by atoms with Crippen LogP contribution in [0.25, 0.3) is 50.5 Å². The van der Waals surface area contributed by atoms with Gasteiger partial charge in [-0.15, -0.1) is 0 Å². The van der Waals surface area contributed by atoms with Crippen LogP contribution in [0.5, 0.6) is 0 Å². The molecule has 1 heterocycles. The van der Waals surface area contributed by atoms with Crippen molar-refractivity contribution in [3.05, 3.63) is 175 Å². The van der Waals surface area contributed by atoms with E-state index in [2.05, 4.69) is 166 Å². The van der Waals surface area contributed by atoms with Gasteiger partial charge in [-0.2, -0.15) is 0 Å². The Morgan fingerprint density at radius 3 is 1.60 bits per heavy atom. The Morgan fingerprint density at radius 1 is 0.467 bits per heavy atom. The summed E-state index contributed by atoms with van der Waals surface area (Å²) in [4.78, 5) is 10.1.